The summed E-state index contributed by atoms with van der Waals surface area (Å²) >= 11 is 0. The molecule has 7 heteroatoms. The standard InChI is InChI=1S/C25H33N3O4/c1-16(2)17-8-10-21-18(13-17)9-11-22-20(27-15-28(21)22)14-19(23(29)30)7-6-12-26-24(31)32-25(3,4)5/h8,10,13,15,19H,1,6-7,9,11-12,14H2,2-5H3,(H,26,31)(H,29,30)/t19-/m0/s1. The third-order valence-electron chi connectivity index (χ3n) is 5.60. The number of benzene rings is 1. The minimum absolute atomic E-state index is 0.373. The van der Waals surface area contributed by atoms with Crippen LogP contribution in [0.1, 0.15) is 63.1 Å². The summed E-state index contributed by atoms with van der Waals surface area (Å²) in [7, 11) is 0. The first kappa shape index (κ1) is 23.6. The van der Waals surface area contributed by atoms with E-state index in [1.165, 1.54) is 5.56 Å². The van der Waals surface area contributed by atoms with Crippen LogP contribution < -0.4 is 5.32 Å². The molecule has 0 saturated heterocycles. The summed E-state index contributed by atoms with van der Waals surface area (Å²) in [6.45, 7) is 11.8. The van der Waals surface area contributed by atoms with E-state index in [2.05, 4.69) is 39.6 Å². The van der Waals surface area contributed by atoms with Crippen LogP contribution in [0.2, 0.25) is 0 Å². The predicted octanol–water partition coefficient (Wildman–Crippen LogP) is 4.55. The van der Waals surface area contributed by atoms with Gasteiger partial charge in [-0.1, -0.05) is 18.2 Å². The summed E-state index contributed by atoms with van der Waals surface area (Å²) in [6.07, 6.45) is 4.42. The maximum Gasteiger partial charge on any atom is 0.407 e. The zero-order chi connectivity index (χ0) is 23.5. The highest BCUT2D eigenvalue weighted by atomic mass is 16.6. The fourth-order valence-electron chi connectivity index (χ4n) is 3.99. The minimum atomic E-state index is -0.841. The van der Waals surface area contributed by atoms with Gasteiger partial charge in [-0.2, -0.15) is 0 Å². The normalized spacial score (nSPS) is 13.6. The van der Waals surface area contributed by atoms with Gasteiger partial charge >= 0.3 is 12.1 Å². The maximum absolute atomic E-state index is 11.9. The molecule has 2 aromatic rings. The molecule has 0 saturated carbocycles. The molecule has 32 heavy (non-hydrogen) atoms. The molecule has 0 bridgehead atoms. The van der Waals surface area contributed by atoms with Crippen molar-refractivity contribution in [2.75, 3.05) is 6.54 Å². The second kappa shape index (κ2) is 9.59. The second-order valence-electron chi connectivity index (χ2n) is 9.44. The lowest BCUT2D eigenvalue weighted by atomic mass is 9.93. The predicted molar refractivity (Wildman–Crippen MR) is 124 cm³/mol. The summed E-state index contributed by atoms with van der Waals surface area (Å²) in [4.78, 5) is 28.2. The number of carbonyl (C=O) groups is 2. The van der Waals surface area contributed by atoms with Crippen molar-refractivity contribution in [2.45, 2.75) is 65.4 Å². The van der Waals surface area contributed by atoms with Gasteiger partial charge in [0.2, 0.25) is 0 Å². The number of nitrogens with one attached hydrogen (secondary N) is 1. The molecule has 1 atom stereocenters. The molecule has 7 nitrogen and oxygen atoms in total. The largest absolute Gasteiger partial charge is 0.481 e. The Morgan fingerprint density at radius 1 is 1.31 bits per heavy atom. The van der Waals surface area contributed by atoms with Gasteiger partial charge in [-0.05, 0) is 76.6 Å². The highest BCUT2D eigenvalue weighted by Crippen LogP contribution is 2.30. The molecular formula is C25H33N3O4. The van der Waals surface area contributed by atoms with Gasteiger partial charge in [0.25, 0.3) is 0 Å². The van der Waals surface area contributed by atoms with Gasteiger partial charge in [-0.3, -0.25) is 4.79 Å². The van der Waals surface area contributed by atoms with Crippen LogP contribution in [0.4, 0.5) is 4.79 Å². The Morgan fingerprint density at radius 3 is 2.72 bits per heavy atom. The van der Waals surface area contributed by atoms with E-state index >= 15 is 0 Å². The summed E-state index contributed by atoms with van der Waals surface area (Å²) in [5.74, 6) is -1.39. The highest BCUT2D eigenvalue weighted by Gasteiger charge is 2.25. The van der Waals surface area contributed by atoms with Gasteiger partial charge in [0.05, 0.1) is 23.6 Å². The first-order valence-electron chi connectivity index (χ1n) is 11.1. The van der Waals surface area contributed by atoms with Crippen LogP contribution in [0.25, 0.3) is 11.3 Å². The number of hydrogen-bond acceptors (Lipinski definition) is 4. The summed E-state index contributed by atoms with van der Waals surface area (Å²) in [6, 6.07) is 6.33. The van der Waals surface area contributed by atoms with Crippen LogP contribution in [0, 0.1) is 5.92 Å². The van der Waals surface area contributed by atoms with Gasteiger partial charge in [-0.25, -0.2) is 9.78 Å². The lowest BCUT2D eigenvalue weighted by Crippen LogP contribution is -2.33. The van der Waals surface area contributed by atoms with Gasteiger partial charge < -0.3 is 19.7 Å². The fraction of sp³-hybridized carbons (Fsp3) is 0.480. The number of carboxylic acid groups (broad SMARTS) is 1. The number of alkyl carbamates (subject to hydrolysis) is 1. The number of hydrogen-bond donors (Lipinski definition) is 2. The Morgan fingerprint density at radius 2 is 2.06 bits per heavy atom. The van der Waals surface area contributed by atoms with Gasteiger partial charge in [0.15, 0.2) is 0 Å². The van der Waals surface area contributed by atoms with E-state index in [4.69, 9.17) is 4.74 Å². The number of aliphatic carboxylic acids is 1. The fourth-order valence-corrected chi connectivity index (χ4v) is 3.99. The van der Waals surface area contributed by atoms with Crippen LogP contribution in [-0.4, -0.2) is 38.9 Å². The topological polar surface area (TPSA) is 93.4 Å². The molecule has 172 valence electrons. The summed E-state index contributed by atoms with van der Waals surface area (Å²) < 4.78 is 7.29. The van der Waals surface area contributed by atoms with E-state index in [-0.39, 0.29) is 0 Å². The van der Waals surface area contributed by atoms with E-state index in [9.17, 15) is 14.7 Å². The van der Waals surface area contributed by atoms with Crippen LogP contribution in [0.5, 0.6) is 0 Å². The molecule has 0 spiro atoms. The smallest absolute Gasteiger partial charge is 0.407 e. The van der Waals surface area contributed by atoms with Crippen molar-refractivity contribution in [3.8, 4) is 5.69 Å². The Labute approximate surface area is 189 Å². The van der Waals surface area contributed by atoms with Gasteiger partial charge in [0.1, 0.15) is 5.60 Å². The number of fused-ring (bicyclic) bond motifs is 3. The van der Waals surface area contributed by atoms with Crippen LogP contribution in [-0.2, 0) is 28.8 Å². The van der Waals surface area contributed by atoms with Crippen molar-refractivity contribution in [1.82, 2.24) is 14.9 Å². The maximum atomic E-state index is 11.9. The molecule has 0 unspecified atom stereocenters. The van der Waals surface area contributed by atoms with Crippen molar-refractivity contribution in [1.29, 1.82) is 0 Å². The molecule has 1 aromatic heterocycles. The number of ether oxygens (including phenoxy) is 1. The number of aryl methyl sites for hydroxylation is 1. The van der Waals surface area contributed by atoms with Crippen LogP contribution in [0.3, 0.4) is 0 Å². The monoisotopic (exact) mass is 439 g/mol. The van der Waals surface area contributed by atoms with Crippen molar-refractivity contribution < 1.29 is 19.4 Å². The SMILES string of the molecule is C=C(C)c1ccc2c(c1)CCc1c(C[C@H](CCCNC(=O)OC(C)(C)C)C(=O)O)ncn1-2. The third-order valence-corrected chi connectivity index (χ3v) is 5.60. The molecule has 2 heterocycles. The lowest BCUT2D eigenvalue weighted by Gasteiger charge is -2.21. The quantitative estimate of drug-likeness (QED) is 0.589. The van der Waals surface area contributed by atoms with E-state index in [0.29, 0.717) is 25.8 Å². The Hall–Kier alpha value is -3.09. The molecular weight excluding hydrogens is 406 g/mol. The van der Waals surface area contributed by atoms with Gasteiger partial charge in [0, 0.05) is 18.7 Å². The van der Waals surface area contributed by atoms with Crippen molar-refractivity contribution in [3.63, 3.8) is 0 Å². The number of rotatable bonds is 8. The Balaban J connectivity index is 1.63. The molecule has 1 aromatic carbocycles. The highest BCUT2D eigenvalue weighted by molar-refractivity contribution is 5.70. The average molecular weight is 440 g/mol. The van der Waals surface area contributed by atoms with Crippen molar-refractivity contribution in [3.05, 3.63) is 53.6 Å². The number of carbonyl (C=O) groups excluding carboxylic acids is 1. The van der Waals surface area contributed by atoms with Crippen LogP contribution >= 0.6 is 0 Å². The molecule has 1 amide bonds. The summed E-state index contributed by atoms with van der Waals surface area (Å²) in [5, 5.41) is 12.4. The van der Waals surface area contributed by atoms with E-state index in [1.54, 1.807) is 27.1 Å². The first-order chi connectivity index (χ1) is 15.0. The lowest BCUT2D eigenvalue weighted by molar-refractivity contribution is -0.142. The molecule has 2 N–H and O–H groups in total. The minimum Gasteiger partial charge on any atom is -0.481 e. The number of nitrogens with zero attached hydrogens (tertiary/aromatic N) is 2. The number of carboxylic acids is 1. The molecule has 3 rings (SSSR count). The summed E-state index contributed by atoms with van der Waals surface area (Å²) in [5.41, 5.74) is 5.89. The van der Waals surface area contributed by atoms with E-state index in [0.717, 1.165) is 41.1 Å². The Bertz CT molecular complexity index is 1020. The first-order valence-corrected chi connectivity index (χ1v) is 11.1. The third kappa shape index (κ3) is 5.78. The molecule has 1 aliphatic rings. The van der Waals surface area contributed by atoms with E-state index in [1.807, 2.05) is 6.92 Å². The average Bonchev–Trinajstić information content (AvgIpc) is 3.11. The Kier molecular flexibility index (Phi) is 7.06. The van der Waals surface area contributed by atoms with Gasteiger partial charge in [-0.15, -0.1) is 0 Å². The number of allylic oxidation sites excluding steroid dienone is 1. The van der Waals surface area contributed by atoms with E-state index < -0.39 is 23.6 Å². The zero-order valence-electron chi connectivity index (χ0n) is 19.4. The molecule has 0 radical (unpaired) electrons. The molecule has 1 aliphatic heterocycles. The number of amides is 1. The van der Waals surface area contributed by atoms with Crippen molar-refractivity contribution in [2.24, 2.45) is 5.92 Å². The number of imidazole rings is 1. The molecule has 0 fully saturated rings. The van der Waals surface area contributed by atoms with Crippen molar-refractivity contribution >= 4 is 17.6 Å². The van der Waals surface area contributed by atoms with Crippen LogP contribution in [0.15, 0.2) is 31.1 Å². The zero-order valence-corrected chi connectivity index (χ0v) is 19.4. The number of aromatic nitrogens is 2. The second-order valence-corrected chi connectivity index (χ2v) is 9.44. The molecule has 0 aliphatic carbocycles.